The molecule has 0 aliphatic rings. The number of nitrogens with zero attached hydrogens (tertiary/aromatic N) is 3. The second-order valence-electron chi connectivity index (χ2n) is 16.7. The molecule has 0 N–H and O–H groups in total. The molecule has 2 heterocycles. The Labute approximate surface area is 384 Å². The van der Waals surface area contributed by atoms with E-state index < -0.39 is 0 Å². The van der Waals surface area contributed by atoms with Crippen molar-refractivity contribution < 1.29 is 0 Å². The molecule has 0 amide bonds. The van der Waals surface area contributed by atoms with E-state index >= 15 is 0 Å². The Hall–Kier alpha value is -8.79. The van der Waals surface area contributed by atoms with Crippen molar-refractivity contribution in [2.24, 2.45) is 0 Å². The molecular weight excluding hydrogens is 799 g/mol. The van der Waals surface area contributed by atoms with Gasteiger partial charge >= 0.3 is 0 Å². The topological polar surface area (TPSA) is 38.7 Å². The maximum absolute atomic E-state index is 5.54. The predicted molar refractivity (Wildman–Crippen MR) is 276 cm³/mol. The van der Waals surface area contributed by atoms with Crippen molar-refractivity contribution in [2.45, 2.75) is 0 Å². The fourth-order valence-corrected chi connectivity index (χ4v) is 9.33. The number of rotatable bonds is 8. The molecule has 0 fully saturated rings. The van der Waals surface area contributed by atoms with Gasteiger partial charge in [0, 0.05) is 44.0 Å². The second kappa shape index (κ2) is 16.7. The number of hydrogen-bond acceptors (Lipinski definition) is 3. The zero-order valence-electron chi connectivity index (χ0n) is 36.0. The van der Waals surface area contributed by atoms with Gasteiger partial charge in [0.05, 0.1) is 22.6 Å². The van der Waals surface area contributed by atoms with Crippen LogP contribution in [0.5, 0.6) is 0 Å². The van der Waals surface area contributed by atoms with Crippen LogP contribution < -0.4 is 0 Å². The minimum absolute atomic E-state index is 0.685. The largest absolute Gasteiger partial charge is 0.246 e. The number of aromatic nitrogens is 3. The van der Waals surface area contributed by atoms with E-state index in [0.717, 1.165) is 83.4 Å². The minimum atomic E-state index is 0.685. The molecule has 0 radical (unpaired) electrons. The molecule has 3 heteroatoms. The molecule has 3 nitrogen and oxygen atoms in total. The van der Waals surface area contributed by atoms with Crippen molar-refractivity contribution in [3.05, 3.63) is 249 Å². The average molecular weight is 840 g/mol. The molecule has 10 aromatic carbocycles. The van der Waals surface area contributed by atoms with Crippen LogP contribution in [0.4, 0.5) is 0 Å². The number of fused-ring (bicyclic) bond motifs is 5. The van der Waals surface area contributed by atoms with Crippen LogP contribution in [-0.4, -0.2) is 15.0 Å². The Morgan fingerprint density at radius 3 is 1.32 bits per heavy atom. The summed E-state index contributed by atoms with van der Waals surface area (Å²) in [7, 11) is 0. The highest BCUT2D eigenvalue weighted by atomic mass is 14.9. The molecule has 66 heavy (non-hydrogen) atoms. The molecule has 0 bridgehead atoms. The Balaban J connectivity index is 0.937. The minimum Gasteiger partial charge on any atom is -0.246 e. The molecule has 0 saturated heterocycles. The monoisotopic (exact) mass is 839 g/mol. The lowest BCUT2D eigenvalue weighted by molar-refractivity contribution is 1.18. The van der Waals surface area contributed by atoms with Crippen LogP contribution in [0.1, 0.15) is 0 Å². The highest BCUT2D eigenvalue weighted by molar-refractivity contribution is 6.24. The third-order valence-corrected chi connectivity index (χ3v) is 12.7. The third-order valence-electron chi connectivity index (χ3n) is 12.7. The molecule has 308 valence electrons. The third kappa shape index (κ3) is 7.29. The SMILES string of the molecule is c1ccc(-c2ccc(-c3cc(-c4ccc(-c5cccc(-c6nc7c(-c8ccccc8)cccc7c7c6ccc6ccccc67)c5)cc4)nc(-c4ccc(-c5ccccc5)cc4)n3)cc2)cc1. The first-order valence-electron chi connectivity index (χ1n) is 22.4. The van der Waals surface area contributed by atoms with Crippen molar-refractivity contribution in [3.8, 4) is 89.7 Å². The summed E-state index contributed by atoms with van der Waals surface area (Å²) >= 11 is 0. The Morgan fingerprint density at radius 1 is 0.242 bits per heavy atom. The lowest BCUT2D eigenvalue weighted by Crippen LogP contribution is -1.96. The zero-order chi connectivity index (χ0) is 43.8. The number of benzene rings is 10. The van der Waals surface area contributed by atoms with Gasteiger partial charge in [0.25, 0.3) is 0 Å². The molecule has 0 spiro atoms. The Kier molecular flexibility index (Phi) is 9.85. The van der Waals surface area contributed by atoms with E-state index in [4.69, 9.17) is 15.0 Å². The smallest absolute Gasteiger partial charge is 0.160 e. The van der Waals surface area contributed by atoms with Crippen molar-refractivity contribution in [2.75, 3.05) is 0 Å². The number of pyridine rings is 1. The molecule has 0 saturated carbocycles. The van der Waals surface area contributed by atoms with E-state index in [9.17, 15) is 0 Å². The van der Waals surface area contributed by atoms with E-state index in [0.29, 0.717) is 5.82 Å². The summed E-state index contributed by atoms with van der Waals surface area (Å²) in [5, 5.41) is 5.96. The van der Waals surface area contributed by atoms with Crippen molar-refractivity contribution in [1.29, 1.82) is 0 Å². The van der Waals surface area contributed by atoms with E-state index in [1.54, 1.807) is 0 Å². The number of hydrogen-bond donors (Lipinski definition) is 0. The summed E-state index contributed by atoms with van der Waals surface area (Å²) < 4.78 is 0. The molecule has 12 rings (SSSR count). The quantitative estimate of drug-likeness (QED) is 0.143. The highest BCUT2D eigenvalue weighted by Crippen LogP contribution is 2.41. The van der Waals surface area contributed by atoms with Crippen LogP contribution in [0.2, 0.25) is 0 Å². The van der Waals surface area contributed by atoms with Gasteiger partial charge < -0.3 is 0 Å². The van der Waals surface area contributed by atoms with Crippen LogP contribution in [0.3, 0.4) is 0 Å². The summed E-state index contributed by atoms with van der Waals surface area (Å²) in [5.74, 6) is 0.685. The predicted octanol–water partition coefficient (Wildman–Crippen LogP) is 16.7. The van der Waals surface area contributed by atoms with Gasteiger partial charge in [-0.25, -0.2) is 15.0 Å². The first-order valence-corrected chi connectivity index (χ1v) is 22.4. The van der Waals surface area contributed by atoms with Crippen LogP contribution in [-0.2, 0) is 0 Å². The van der Waals surface area contributed by atoms with E-state index in [1.165, 1.54) is 32.8 Å². The summed E-state index contributed by atoms with van der Waals surface area (Å²) in [6.07, 6.45) is 0. The summed E-state index contributed by atoms with van der Waals surface area (Å²) in [6, 6.07) is 88.1. The normalized spacial score (nSPS) is 11.3. The van der Waals surface area contributed by atoms with E-state index in [1.807, 2.05) is 12.1 Å². The molecule has 12 aromatic rings. The highest BCUT2D eigenvalue weighted by Gasteiger charge is 2.17. The lowest BCUT2D eigenvalue weighted by atomic mass is 9.92. The van der Waals surface area contributed by atoms with Crippen LogP contribution in [0.25, 0.3) is 122 Å². The Bertz CT molecular complexity index is 3600. The zero-order valence-corrected chi connectivity index (χ0v) is 36.0. The molecule has 0 unspecified atom stereocenters. The van der Waals surface area contributed by atoms with Crippen molar-refractivity contribution in [3.63, 3.8) is 0 Å². The summed E-state index contributed by atoms with van der Waals surface area (Å²) in [4.78, 5) is 15.9. The maximum atomic E-state index is 5.54. The fourth-order valence-electron chi connectivity index (χ4n) is 9.33. The van der Waals surface area contributed by atoms with E-state index in [2.05, 4.69) is 237 Å². The molecule has 2 aromatic heterocycles. The summed E-state index contributed by atoms with van der Waals surface area (Å²) in [5.41, 5.74) is 17.0. The maximum Gasteiger partial charge on any atom is 0.160 e. The molecule has 0 aliphatic carbocycles. The van der Waals surface area contributed by atoms with Gasteiger partial charge in [-0.15, -0.1) is 0 Å². The first kappa shape index (κ1) is 38.9. The van der Waals surface area contributed by atoms with Crippen molar-refractivity contribution in [1.82, 2.24) is 15.0 Å². The standard InChI is InChI=1S/C63H41N3/c1-4-14-42(15-5-1)44-26-32-49(33-27-44)58-41-59(65-63(64-58)51-36-30-45(31-37-51)43-16-6-2-7-17-43)50-34-28-46(29-35-50)52-21-12-22-53(40-52)61-57-39-38-48-20-10-11-23-54(48)60(57)56-25-13-24-55(62(56)66-61)47-18-8-3-9-19-47/h1-41H. The first-order chi connectivity index (χ1) is 32.7. The van der Waals surface area contributed by atoms with Gasteiger partial charge in [0.15, 0.2) is 5.82 Å². The van der Waals surface area contributed by atoms with Gasteiger partial charge in [-0.05, 0) is 61.8 Å². The Morgan fingerprint density at radius 2 is 0.697 bits per heavy atom. The van der Waals surface area contributed by atoms with Crippen molar-refractivity contribution >= 4 is 32.4 Å². The number of para-hydroxylation sites is 1. The second-order valence-corrected chi connectivity index (χ2v) is 16.7. The average Bonchev–Trinajstić information content (AvgIpc) is 3.41. The molecule has 0 aliphatic heterocycles. The van der Waals surface area contributed by atoms with Gasteiger partial charge in [-0.1, -0.05) is 237 Å². The lowest BCUT2D eigenvalue weighted by Gasteiger charge is -2.16. The van der Waals surface area contributed by atoms with Gasteiger partial charge in [0.1, 0.15) is 0 Å². The fraction of sp³-hybridized carbons (Fsp3) is 0. The van der Waals surface area contributed by atoms with Gasteiger partial charge in [0.2, 0.25) is 0 Å². The van der Waals surface area contributed by atoms with E-state index in [-0.39, 0.29) is 0 Å². The van der Waals surface area contributed by atoms with Gasteiger partial charge in [-0.3, -0.25) is 0 Å². The van der Waals surface area contributed by atoms with Crippen LogP contribution in [0, 0.1) is 0 Å². The van der Waals surface area contributed by atoms with Crippen LogP contribution >= 0.6 is 0 Å². The van der Waals surface area contributed by atoms with Crippen LogP contribution in [0.15, 0.2) is 249 Å². The summed E-state index contributed by atoms with van der Waals surface area (Å²) in [6.45, 7) is 0. The molecule has 0 atom stereocenters. The van der Waals surface area contributed by atoms with Gasteiger partial charge in [-0.2, -0.15) is 0 Å². The molecular formula is C63H41N3.